The third-order valence-electron chi connectivity index (χ3n) is 9.32. The first-order chi connectivity index (χ1) is 20.0. The van der Waals surface area contributed by atoms with E-state index >= 15 is 4.39 Å². The summed E-state index contributed by atoms with van der Waals surface area (Å²) in [7, 11) is 0. The quantitative estimate of drug-likeness (QED) is 0.298. The number of halogens is 2. The average Bonchev–Trinajstić information content (AvgIpc) is 3.61. The van der Waals surface area contributed by atoms with E-state index in [0.717, 1.165) is 49.7 Å². The molecule has 3 aliphatic heterocycles. The molecule has 1 saturated carbocycles. The number of nitrogens with one attached hydrogen (secondary N) is 1. The Morgan fingerprint density at radius 1 is 1.00 bits per heavy atom. The Labute approximate surface area is 243 Å². The lowest BCUT2D eigenvalue weighted by Gasteiger charge is -2.34. The van der Waals surface area contributed by atoms with Gasteiger partial charge in [-0.25, -0.2) is 4.39 Å². The molecule has 8 rings (SSSR count). The molecule has 7 nitrogen and oxygen atoms in total. The van der Waals surface area contributed by atoms with Gasteiger partial charge in [-0.15, -0.1) is 0 Å². The fourth-order valence-corrected chi connectivity index (χ4v) is 7.57. The van der Waals surface area contributed by atoms with E-state index < -0.39 is 5.82 Å². The van der Waals surface area contributed by atoms with Crippen molar-refractivity contribution < 1.29 is 14.2 Å². The number of nitrogens with zero attached hydrogens (tertiary/aromatic N) is 4. The minimum Gasteiger partial charge on any atom is -0.508 e. The normalized spacial score (nSPS) is 24.5. The summed E-state index contributed by atoms with van der Waals surface area (Å²) >= 11 is 6.87. The number of likely N-dealkylation sites (tertiary alicyclic amines) is 1. The fraction of sp³-hybridized carbons (Fsp3) is 0.438. The van der Waals surface area contributed by atoms with Crippen molar-refractivity contribution in [2.45, 2.75) is 62.7 Å². The minimum absolute atomic E-state index is 0.0507. The number of rotatable bonds is 6. The van der Waals surface area contributed by atoms with Crippen LogP contribution in [0.4, 0.5) is 10.2 Å². The summed E-state index contributed by atoms with van der Waals surface area (Å²) in [5.74, 6) is 0.187. The van der Waals surface area contributed by atoms with Crippen LogP contribution in [0, 0.1) is 5.82 Å². The lowest BCUT2D eigenvalue weighted by atomic mass is 9.96. The summed E-state index contributed by atoms with van der Waals surface area (Å²) in [6.45, 7) is 3.19. The number of piperazine rings is 1. The first-order valence-corrected chi connectivity index (χ1v) is 15.2. The molecule has 212 valence electrons. The van der Waals surface area contributed by atoms with Crippen LogP contribution in [0.3, 0.4) is 0 Å². The molecule has 4 aromatic rings. The fourth-order valence-electron chi connectivity index (χ4n) is 7.28. The highest BCUT2D eigenvalue weighted by atomic mass is 35.5. The van der Waals surface area contributed by atoms with Crippen LogP contribution in [0.1, 0.15) is 38.5 Å². The predicted molar refractivity (Wildman–Crippen MR) is 160 cm³/mol. The van der Waals surface area contributed by atoms with Crippen LogP contribution in [0.5, 0.6) is 11.8 Å². The van der Waals surface area contributed by atoms with Crippen LogP contribution in [-0.2, 0) is 0 Å². The highest BCUT2D eigenvalue weighted by Gasteiger charge is 2.38. The largest absolute Gasteiger partial charge is 0.508 e. The third-order valence-corrected chi connectivity index (χ3v) is 9.62. The van der Waals surface area contributed by atoms with E-state index in [1.807, 2.05) is 24.3 Å². The Balaban J connectivity index is 1.25. The van der Waals surface area contributed by atoms with Crippen molar-refractivity contribution in [1.29, 1.82) is 0 Å². The topological polar surface area (TPSA) is 73.8 Å². The van der Waals surface area contributed by atoms with Crippen LogP contribution in [-0.4, -0.2) is 70.4 Å². The van der Waals surface area contributed by atoms with Gasteiger partial charge in [0.2, 0.25) is 0 Å². The van der Waals surface area contributed by atoms with Crippen LogP contribution < -0.4 is 15.0 Å². The molecular weight excluding hydrogens is 541 g/mol. The predicted octanol–water partition coefficient (Wildman–Crippen LogP) is 5.89. The monoisotopic (exact) mass is 573 g/mol. The second-order valence-electron chi connectivity index (χ2n) is 12.1. The minimum atomic E-state index is -0.532. The van der Waals surface area contributed by atoms with E-state index in [-0.39, 0.29) is 27.9 Å². The molecule has 4 heterocycles. The first-order valence-electron chi connectivity index (χ1n) is 14.8. The highest BCUT2D eigenvalue weighted by molar-refractivity contribution is 6.35. The van der Waals surface area contributed by atoms with Crippen LogP contribution >= 0.6 is 11.6 Å². The van der Waals surface area contributed by atoms with Gasteiger partial charge in [-0.1, -0.05) is 35.9 Å². The van der Waals surface area contributed by atoms with Gasteiger partial charge in [-0.05, 0) is 79.6 Å². The van der Waals surface area contributed by atoms with Crippen molar-refractivity contribution in [3.05, 3.63) is 53.3 Å². The molecule has 4 fully saturated rings. The summed E-state index contributed by atoms with van der Waals surface area (Å²) in [5, 5.41) is 16.6. The number of hydrogen-bond acceptors (Lipinski definition) is 7. The maximum Gasteiger partial charge on any atom is 0.319 e. The maximum absolute atomic E-state index is 16.7. The van der Waals surface area contributed by atoms with Gasteiger partial charge in [0.05, 0.1) is 5.02 Å². The first kappa shape index (κ1) is 25.5. The number of benzene rings is 3. The van der Waals surface area contributed by atoms with Crippen LogP contribution in [0.25, 0.3) is 32.8 Å². The number of aromatic nitrogens is 2. The molecule has 0 spiro atoms. The van der Waals surface area contributed by atoms with Crippen molar-refractivity contribution in [2.24, 2.45) is 0 Å². The molecule has 9 heteroatoms. The third kappa shape index (κ3) is 4.57. The van der Waals surface area contributed by atoms with Gasteiger partial charge < -0.3 is 20.1 Å². The summed E-state index contributed by atoms with van der Waals surface area (Å²) in [4.78, 5) is 14.4. The summed E-state index contributed by atoms with van der Waals surface area (Å²) < 4.78 is 23.0. The molecule has 1 aliphatic carbocycles. The van der Waals surface area contributed by atoms with Crippen LogP contribution in [0.2, 0.25) is 5.02 Å². The van der Waals surface area contributed by atoms with Gasteiger partial charge in [0.15, 0.2) is 5.82 Å². The molecule has 2 N–H and O–H groups in total. The molecule has 3 aromatic carbocycles. The SMILES string of the molecule is Oc1cc(-c2c(Cl)cc3c(N4CC5CCC(C4)N5)nc(OC[C@@H]4CCCN4C4CC4)nc3c2F)c2ccccc2c1. The smallest absolute Gasteiger partial charge is 0.319 e. The second kappa shape index (κ2) is 9.96. The molecule has 2 unspecified atom stereocenters. The summed E-state index contributed by atoms with van der Waals surface area (Å²) in [6, 6.07) is 14.6. The molecule has 3 saturated heterocycles. The zero-order valence-corrected chi connectivity index (χ0v) is 23.6. The molecule has 0 amide bonds. The van der Waals surface area contributed by atoms with Crippen molar-refractivity contribution in [1.82, 2.24) is 20.2 Å². The molecule has 1 aromatic heterocycles. The summed E-state index contributed by atoms with van der Waals surface area (Å²) in [6.07, 6.45) is 7.03. The zero-order valence-electron chi connectivity index (χ0n) is 22.8. The molecular formula is C32H33ClFN5O2. The van der Waals surface area contributed by atoms with E-state index in [1.54, 1.807) is 18.2 Å². The molecule has 3 atom stereocenters. The lowest BCUT2D eigenvalue weighted by Crippen LogP contribution is -2.51. The van der Waals surface area contributed by atoms with Gasteiger partial charge in [0, 0.05) is 48.2 Å². The number of fused-ring (bicyclic) bond motifs is 4. The molecule has 4 aliphatic rings. The van der Waals surface area contributed by atoms with E-state index in [0.29, 0.717) is 47.5 Å². The Hall–Kier alpha value is -3.20. The Morgan fingerprint density at radius 3 is 2.61 bits per heavy atom. The van der Waals surface area contributed by atoms with E-state index in [2.05, 4.69) is 20.1 Å². The number of phenols is 1. The van der Waals surface area contributed by atoms with Gasteiger partial charge in [0.1, 0.15) is 23.7 Å². The van der Waals surface area contributed by atoms with Crippen LogP contribution in [0.15, 0.2) is 42.5 Å². The highest BCUT2D eigenvalue weighted by Crippen LogP contribution is 2.43. The summed E-state index contributed by atoms with van der Waals surface area (Å²) in [5.41, 5.74) is 0.935. The van der Waals surface area contributed by atoms with Crippen molar-refractivity contribution in [3.8, 4) is 22.9 Å². The Bertz CT molecular complexity index is 1650. The number of aromatic hydroxyl groups is 1. The van der Waals surface area contributed by atoms with Crippen molar-refractivity contribution >= 4 is 39.1 Å². The van der Waals surface area contributed by atoms with Crippen molar-refractivity contribution in [2.75, 3.05) is 31.1 Å². The maximum atomic E-state index is 16.7. The Morgan fingerprint density at radius 2 is 1.80 bits per heavy atom. The molecule has 41 heavy (non-hydrogen) atoms. The second-order valence-corrected chi connectivity index (χ2v) is 12.5. The zero-order chi connectivity index (χ0) is 27.7. The van der Waals surface area contributed by atoms with E-state index in [4.69, 9.17) is 21.3 Å². The van der Waals surface area contributed by atoms with Gasteiger partial charge in [-0.3, -0.25) is 4.90 Å². The lowest BCUT2D eigenvalue weighted by molar-refractivity contribution is 0.159. The van der Waals surface area contributed by atoms with E-state index in [1.165, 1.54) is 19.3 Å². The van der Waals surface area contributed by atoms with Gasteiger partial charge >= 0.3 is 6.01 Å². The standard InChI is InChI=1S/C32H33ClFN5O2/c33-27-14-26-30(29(34)28(27)25-13-23(40)12-18-4-1-2-6-24(18)25)36-32(41-17-22-5-3-11-39(22)21-9-10-21)37-31(26)38-15-19-7-8-20(16-38)35-19/h1-2,4,6,12-14,19-22,35,40H,3,5,7-11,15-17H2/t19?,20?,22-/m0/s1. The van der Waals surface area contributed by atoms with E-state index in [9.17, 15) is 5.11 Å². The van der Waals surface area contributed by atoms with Gasteiger partial charge in [-0.2, -0.15) is 9.97 Å². The van der Waals surface area contributed by atoms with Gasteiger partial charge in [0.25, 0.3) is 0 Å². The number of anilines is 1. The molecule has 0 radical (unpaired) electrons. The number of hydrogen-bond donors (Lipinski definition) is 2. The molecule has 2 bridgehead atoms. The number of ether oxygens (including phenoxy) is 1. The number of phenolic OH excluding ortho intramolecular Hbond substituents is 1. The van der Waals surface area contributed by atoms with Crippen molar-refractivity contribution in [3.63, 3.8) is 0 Å². The Kier molecular flexibility index (Phi) is 6.20. The average molecular weight is 574 g/mol.